The summed E-state index contributed by atoms with van der Waals surface area (Å²) in [6.45, 7) is 7.82. The summed E-state index contributed by atoms with van der Waals surface area (Å²) in [4.78, 5) is 19.6. The standard InChI is InChI=1S/C16H19N3O2/c1-9-10(2)17-12(4)19-15(9)18-11(3)13-5-7-14(8-6-13)16(20)21/h5-8,11H,1-4H3,(H,20,21)(H,17,18,19)/t11-/m0/s1. The van der Waals surface area contributed by atoms with Gasteiger partial charge in [-0.2, -0.15) is 0 Å². The third kappa shape index (κ3) is 3.37. The second kappa shape index (κ2) is 5.91. The van der Waals surface area contributed by atoms with Crippen LogP contribution in [-0.2, 0) is 0 Å². The van der Waals surface area contributed by atoms with E-state index in [1.54, 1.807) is 12.1 Å². The molecule has 5 heteroatoms. The average Bonchev–Trinajstić information content (AvgIpc) is 2.44. The number of anilines is 1. The SMILES string of the molecule is Cc1nc(C)c(C)c(N[C@@H](C)c2ccc(C(=O)O)cc2)n1. The quantitative estimate of drug-likeness (QED) is 0.901. The summed E-state index contributed by atoms with van der Waals surface area (Å²) >= 11 is 0. The van der Waals surface area contributed by atoms with Gasteiger partial charge in [0.1, 0.15) is 11.6 Å². The van der Waals surface area contributed by atoms with Crippen LogP contribution < -0.4 is 5.32 Å². The summed E-state index contributed by atoms with van der Waals surface area (Å²) in [6, 6.07) is 6.88. The smallest absolute Gasteiger partial charge is 0.335 e. The first-order valence-corrected chi connectivity index (χ1v) is 6.80. The van der Waals surface area contributed by atoms with Crippen molar-refractivity contribution in [2.75, 3.05) is 5.32 Å². The first-order chi connectivity index (χ1) is 9.88. The lowest BCUT2D eigenvalue weighted by Gasteiger charge is -2.18. The van der Waals surface area contributed by atoms with Gasteiger partial charge in [0.15, 0.2) is 0 Å². The Bertz CT molecular complexity index is 666. The number of aryl methyl sites for hydroxylation is 2. The predicted molar refractivity (Wildman–Crippen MR) is 81.7 cm³/mol. The van der Waals surface area contributed by atoms with E-state index in [0.29, 0.717) is 0 Å². The molecule has 0 aliphatic carbocycles. The minimum atomic E-state index is -0.917. The molecule has 110 valence electrons. The Balaban J connectivity index is 2.21. The topological polar surface area (TPSA) is 75.1 Å². The molecule has 0 unspecified atom stereocenters. The Morgan fingerprint density at radius 3 is 2.33 bits per heavy atom. The van der Waals surface area contributed by atoms with E-state index >= 15 is 0 Å². The summed E-state index contributed by atoms with van der Waals surface area (Å²) in [6.07, 6.45) is 0. The first kappa shape index (κ1) is 15.0. The number of nitrogens with one attached hydrogen (secondary N) is 1. The molecule has 0 saturated carbocycles. The summed E-state index contributed by atoms with van der Waals surface area (Å²) in [5, 5.41) is 12.3. The van der Waals surface area contributed by atoms with Gasteiger partial charge in [-0.05, 0) is 45.4 Å². The van der Waals surface area contributed by atoms with E-state index in [9.17, 15) is 4.79 Å². The molecule has 0 amide bonds. The summed E-state index contributed by atoms with van der Waals surface area (Å²) < 4.78 is 0. The predicted octanol–water partition coefficient (Wildman–Crippen LogP) is 3.27. The van der Waals surface area contributed by atoms with Gasteiger partial charge in [-0.3, -0.25) is 0 Å². The number of benzene rings is 1. The van der Waals surface area contributed by atoms with Gasteiger partial charge in [0.2, 0.25) is 0 Å². The van der Waals surface area contributed by atoms with Crippen LogP contribution in [0.15, 0.2) is 24.3 Å². The maximum atomic E-state index is 10.9. The molecule has 2 rings (SSSR count). The molecule has 2 N–H and O–H groups in total. The lowest BCUT2D eigenvalue weighted by Crippen LogP contribution is -2.11. The first-order valence-electron chi connectivity index (χ1n) is 6.80. The molecule has 0 fully saturated rings. The number of rotatable bonds is 4. The number of hydrogen-bond donors (Lipinski definition) is 2. The normalized spacial score (nSPS) is 12.0. The van der Waals surface area contributed by atoms with Crippen molar-refractivity contribution in [3.8, 4) is 0 Å². The van der Waals surface area contributed by atoms with Crippen molar-refractivity contribution >= 4 is 11.8 Å². The van der Waals surface area contributed by atoms with Gasteiger partial charge in [-0.1, -0.05) is 12.1 Å². The van der Waals surface area contributed by atoms with Gasteiger partial charge in [-0.15, -0.1) is 0 Å². The average molecular weight is 285 g/mol. The van der Waals surface area contributed by atoms with Crippen molar-refractivity contribution in [3.05, 3.63) is 52.5 Å². The van der Waals surface area contributed by atoms with Crippen LogP contribution in [0.25, 0.3) is 0 Å². The Labute approximate surface area is 124 Å². The summed E-state index contributed by atoms with van der Waals surface area (Å²) in [7, 11) is 0. The van der Waals surface area contributed by atoms with Crippen LogP contribution in [0.1, 0.15) is 46.0 Å². The van der Waals surface area contributed by atoms with Crippen LogP contribution in [0, 0.1) is 20.8 Å². The van der Waals surface area contributed by atoms with Crippen LogP contribution >= 0.6 is 0 Å². The van der Waals surface area contributed by atoms with E-state index in [2.05, 4.69) is 15.3 Å². The monoisotopic (exact) mass is 285 g/mol. The van der Waals surface area contributed by atoms with E-state index in [4.69, 9.17) is 5.11 Å². The molecule has 0 spiro atoms. The van der Waals surface area contributed by atoms with E-state index in [1.165, 1.54) is 0 Å². The van der Waals surface area contributed by atoms with E-state index in [-0.39, 0.29) is 11.6 Å². The number of aromatic carboxylic acids is 1. The zero-order valence-corrected chi connectivity index (χ0v) is 12.6. The Hall–Kier alpha value is -2.43. The number of nitrogens with zero attached hydrogens (tertiary/aromatic N) is 2. The van der Waals surface area contributed by atoms with Crippen molar-refractivity contribution < 1.29 is 9.90 Å². The van der Waals surface area contributed by atoms with Crippen molar-refractivity contribution in [1.29, 1.82) is 0 Å². The molecule has 0 aliphatic rings. The molecular weight excluding hydrogens is 266 g/mol. The molecule has 1 aromatic carbocycles. The molecule has 0 saturated heterocycles. The van der Waals surface area contributed by atoms with Crippen molar-refractivity contribution in [2.45, 2.75) is 33.7 Å². The highest BCUT2D eigenvalue weighted by Gasteiger charge is 2.11. The Kier molecular flexibility index (Phi) is 4.21. The Morgan fingerprint density at radius 1 is 1.14 bits per heavy atom. The molecule has 0 aliphatic heterocycles. The zero-order valence-electron chi connectivity index (χ0n) is 12.6. The lowest BCUT2D eigenvalue weighted by atomic mass is 10.1. The molecular formula is C16H19N3O2. The van der Waals surface area contributed by atoms with E-state index < -0.39 is 5.97 Å². The fraction of sp³-hybridized carbons (Fsp3) is 0.312. The van der Waals surface area contributed by atoms with Gasteiger partial charge in [0.25, 0.3) is 0 Å². The van der Waals surface area contributed by atoms with Gasteiger partial charge < -0.3 is 10.4 Å². The molecule has 1 atom stereocenters. The number of carboxylic acids is 1. The van der Waals surface area contributed by atoms with Crippen molar-refractivity contribution in [1.82, 2.24) is 9.97 Å². The number of hydrogen-bond acceptors (Lipinski definition) is 4. The summed E-state index contributed by atoms with van der Waals surface area (Å²) in [5.74, 6) is 0.629. The second-order valence-corrected chi connectivity index (χ2v) is 5.12. The maximum absolute atomic E-state index is 10.9. The molecule has 2 aromatic rings. The van der Waals surface area contributed by atoms with Crippen molar-refractivity contribution in [3.63, 3.8) is 0 Å². The molecule has 21 heavy (non-hydrogen) atoms. The lowest BCUT2D eigenvalue weighted by molar-refractivity contribution is 0.0697. The number of carbonyl (C=O) groups is 1. The third-order valence-electron chi connectivity index (χ3n) is 3.51. The minimum absolute atomic E-state index is 0.0280. The highest BCUT2D eigenvalue weighted by Crippen LogP contribution is 2.22. The number of carboxylic acid groups (broad SMARTS) is 1. The van der Waals surface area contributed by atoms with Crippen LogP contribution in [0.3, 0.4) is 0 Å². The third-order valence-corrected chi connectivity index (χ3v) is 3.51. The molecule has 1 aromatic heterocycles. The molecule has 0 bridgehead atoms. The fourth-order valence-corrected chi connectivity index (χ4v) is 2.11. The molecule has 0 radical (unpaired) electrons. The van der Waals surface area contributed by atoms with Crippen LogP contribution in [-0.4, -0.2) is 21.0 Å². The highest BCUT2D eigenvalue weighted by molar-refractivity contribution is 5.87. The molecule has 1 heterocycles. The van der Waals surface area contributed by atoms with Crippen molar-refractivity contribution in [2.24, 2.45) is 0 Å². The van der Waals surface area contributed by atoms with Crippen LogP contribution in [0.5, 0.6) is 0 Å². The summed E-state index contributed by atoms with van der Waals surface area (Å²) in [5.41, 5.74) is 3.28. The maximum Gasteiger partial charge on any atom is 0.335 e. The highest BCUT2D eigenvalue weighted by atomic mass is 16.4. The Morgan fingerprint density at radius 2 is 1.76 bits per heavy atom. The van der Waals surface area contributed by atoms with Crippen LogP contribution in [0.2, 0.25) is 0 Å². The molecule has 5 nitrogen and oxygen atoms in total. The van der Waals surface area contributed by atoms with E-state index in [0.717, 1.165) is 28.5 Å². The minimum Gasteiger partial charge on any atom is -0.478 e. The fourth-order valence-electron chi connectivity index (χ4n) is 2.11. The van der Waals surface area contributed by atoms with Gasteiger partial charge in [0.05, 0.1) is 5.56 Å². The van der Waals surface area contributed by atoms with E-state index in [1.807, 2.05) is 39.8 Å². The second-order valence-electron chi connectivity index (χ2n) is 5.12. The van der Waals surface area contributed by atoms with Crippen LogP contribution in [0.4, 0.5) is 5.82 Å². The van der Waals surface area contributed by atoms with Gasteiger partial charge in [-0.25, -0.2) is 14.8 Å². The number of aromatic nitrogens is 2. The van der Waals surface area contributed by atoms with Gasteiger partial charge in [0, 0.05) is 17.3 Å². The largest absolute Gasteiger partial charge is 0.478 e. The zero-order chi connectivity index (χ0) is 15.6. The van der Waals surface area contributed by atoms with Gasteiger partial charge >= 0.3 is 5.97 Å².